The molecule has 0 aliphatic rings. The topological polar surface area (TPSA) is 28.7 Å². The van der Waals surface area contributed by atoms with Crippen molar-refractivity contribution in [2.75, 3.05) is 0 Å². The van der Waals surface area contributed by atoms with Crippen molar-refractivity contribution in [3.8, 4) is 0 Å². The molecule has 0 saturated carbocycles. The van der Waals surface area contributed by atoms with Gasteiger partial charge in [-0.3, -0.25) is 0 Å². The van der Waals surface area contributed by atoms with Crippen molar-refractivity contribution in [3.05, 3.63) is 28.8 Å². The number of nitrogens with zero attached hydrogens (tertiary/aromatic N) is 1. The monoisotopic (exact) mass is 238 g/mol. The van der Waals surface area contributed by atoms with Crippen molar-refractivity contribution in [2.45, 2.75) is 6.18 Å². The largest absolute Gasteiger partial charge is 0.449 e. The van der Waals surface area contributed by atoms with E-state index in [-0.39, 0.29) is 10.5 Å². The summed E-state index contributed by atoms with van der Waals surface area (Å²) < 4.78 is 49.7. The number of imidazole rings is 1. The molecule has 0 saturated heterocycles. The summed E-state index contributed by atoms with van der Waals surface area (Å²) in [5.41, 5.74) is -0.557. The van der Waals surface area contributed by atoms with Crippen LogP contribution in [0.15, 0.2) is 12.1 Å². The van der Waals surface area contributed by atoms with Crippen molar-refractivity contribution >= 4 is 22.6 Å². The second kappa shape index (κ2) is 3.10. The molecule has 0 spiro atoms. The van der Waals surface area contributed by atoms with E-state index in [1.807, 2.05) is 4.98 Å². The average molecular weight is 239 g/mol. The quantitative estimate of drug-likeness (QED) is 0.701. The Balaban J connectivity index is 2.76. The summed E-state index contributed by atoms with van der Waals surface area (Å²) in [7, 11) is 0. The molecule has 1 aromatic carbocycles. The number of nitrogens with one attached hydrogen (secondary N) is 1. The minimum absolute atomic E-state index is 0.00519. The highest BCUT2D eigenvalue weighted by molar-refractivity contribution is 6.34. The SMILES string of the molecule is Fc1ccc(Cl)c2[nH]c(C(F)(F)F)nc12. The molecule has 0 unspecified atom stereocenters. The molecule has 2 rings (SSSR count). The zero-order valence-electron chi connectivity index (χ0n) is 6.99. The maximum atomic E-state index is 13.1. The zero-order chi connectivity index (χ0) is 11.2. The summed E-state index contributed by atoms with van der Waals surface area (Å²) >= 11 is 5.59. The first-order valence-electron chi connectivity index (χ1n) is 3.80. The van der Waals surface area contributed by atoms with E-state index in [9.17, 15) is 17.6 Å². The first-order valence-corrected chi connectivity index (χ1v) is 4.18. The highest BCUT2D eigenvalue weighted by Gasteiger charge is 2.35. The van der Waals surface area contributed by atoms with Crippen molar-refractivity contribution < 1.29 is 17.6 Å². The molecule has 0 fully saturated rings. The number of fused-ring (bicyclic) bond motifs is 1. The Hall–Kier alpha value is -1.30. The normalized spacial score (nSPS) is 12.3. The summed E-state index contributed by atoms with van der Waals surface area (Å²) in [6.07, 6.45) is -4.64. The van der Waals surface area contributed by atoms with Crippen LogP contribution in [-0.4, -0.2) is 9.97 Å². The summed E-state index contributed by atoms with van der Waals surface area (Å²) in [6.45, 7) is 0. The van der Waals surface area contributed by atoms with Gasteiger partial charge in [0, 0.05) is 0 Å². The number of aromatic amines is 1. The molecular weight excluding hydrogens is 236 g/mol. The van der Waals surface area contributed by atoms with Crippen LogP contribution in [-0.2, 0) is 6.18 Å². The number of alkyl halides is 3. The molecule has 7 heteroatoms. The lowest BCUT2D eigenvalue weighted by Crippen LogP contribution is -2.06. The van der Waals surface area contributed by atoms with Gasteiger partial charge < -0.3 is 4.98 Å². The maximum Gasteiger partial charge on any atom is 0.449 e. The van der Waals surface area contributed by atoms with Gasteiger partial charge in [0.15, 0.2) is 5.82 Å². The Morgan fingerprint density at radius 1 is 1.27 bits per heavy atom. The highest BCUT2D eigenvalue weighted by Crippen LogP contribution is 2.31. The maximum absolute atomic E-state index is 13.1. The zero-order valence-corrected chi connectivity index (χ0v) is 7.75. The third-order valence-corrected chi connectivity index (χ3v) is 2.13. The van der Waals surface area contributed by atoms with E-state index in [1.165, 1.54) is 0 Å². The van der Waals surface area contributed by atoms with E-state index < -0.39 is 23.3 Å². The Morgan fingerprint density at radius 3 is 2.47 bits per heavy atom. The summed E-state index contributed by atoms with van der Waals surface area (Å²) in [4.78, 5) is 5.04. The third kappa shape index (κ3) is 1.65. The fraction of sp³-hybridized carbons (Fsp3) is 0.125. The lowest BCUT2D eigenvalue weighted by atomic mass is 10.3. The van der Waals surface area contributed by atoms with Gasteiger partial charge in [-0.1, -0.05) is 11.6 Å². The van der Waals surface area contributed by atoms with Gasteiger partial charge >= 0.3 is 6.18 Å². The molecule has 0 amide bonds. The number of rotatable bonds is 0. The number of hydrogen-bond donors (Lipinski definition) is 1. The van der Waals surface area contributed by atoms with Crippen molar-refractivity contribution in [3.63, 3.8) is 0 Å². The minimum Gasteiger partial charge on any atom is -0.333 e. The van der Waals surface area contributed by atoms with Gasteiger partial charge in [0.05, 0.1) is 10.5 Å². The van der Waals surface area contributed by atoms with E-state index in [2.05, 4.69) is 4.98 Å². The molecule has 0 bridgehead atoms. The van der Waals surface area contributed by atoms with Gasteiger partial charge in [-0.2, -0.15) is 13.2 Å². The van der Waals surface area contributed by atoms with E-state index in [0.717, 1.165) is 12.1 Å². The number of aromatic nitrogens is 2. The summed E-state index contributed by atoms with van der Waals surface area (Å²) in [5.74, 6) is -2.11. The molecular formula is C8H3ClF4N2. The molecule has 80 valence electrons. The summed E-state index contributed by atoms with van der Waals surface area (Å²) in [5, 5.41) is -0.00519. The number of benzene rings is 1. The molecule has 1 heterocycles. The van der Waals surface area contributed by atoms with Gasteiger partial charge in [-0.05, 0) is 12.1 Å². The predicted octanol–water partition coefficient (Wildman–Crippen LogP) is 3.37. The first-order chi connectivity index (χ1) is 6.89. The van der Waals surface area contributed by atoms with Crippen LogP contribution in [0.3, 0.4) is 0 Å². The van der Waals surface area contributed by atoms with Crippen LogP contribution in [0.2, 0.25) is 5.02 Å². The van der Waals surface area contributed by atoms with E-state index in [0.29, 0.717) is 0 Å². The summed E-state index contributed by atoms with van der Waals surface area (Å²) in [6, 6.07) is 2.13. The number of halogens is 5. The van der Waals surface area contributed by atoms with E-state index in [4.69, 9.17) is 11.6 Å². The first kappa shape index (κ1) is 10.2. The second-order valence-electron chi connectivity index (χ2n) is 2.84. The molecule has 15 heavy (non-hydrogen) atoms. The fourth-order valence-corrected chi connectivity index (χ4v) is 1.36. The Kier molecular flexibility index (Phi) is 2.11. The average Bonchev–Trinajstić information content (AvgIpc) is 2.56. The molecule has 1 N–H and O–H groups in total. The lowest BCUT2D eigenvalue weighted by Gasteiger charge is -1.99. The minimum atomic E-state index is -4.64. The Morgan fingerprint density at radius 2 is 1.93 bits per heavy atom. The number of hydrogen-bond acceptors (Lipinski definition) is 1. The van der Waals surface area contributed by atoms with Gasteiger partial charge in [0.2, 0.25) is 5.82 Å². The second-order valence-corrected chi connectivity index (χ2v) is 3.24. The van der Waals surface area contributed by atoms with E-state index >= 15 is 0 Å². The molecule has 0 atom stereocenters. The van der Waals surface area contributed by atoms with Gasteiger partial charge in [0.1, 0.15) is 5.52 Å². The lowest BCUT2D eigenvalue weighted by molar-refractivity contribution is -0.144. The standard InChI is InChI=1S/C8H3ClF4N2/c9-3-1-2-4(10)6-5(3)14-7(15-6)8(11,12)13/h1-2H,(H,14,15). The van der Waals surface area contributed by atoms with E-state index in [1.54, 1.807) is 0 Å². The third-order valence-electron chi connectivity index (χ3n) is 1.81. The van der Waals surface area contributed by atoms with Crippen molar-refractivity contribution in [1.29, 1.82) is 0 Å². The smallest absolute Gasteiger partial charge is 0.333 e. The van der Waals surface area contributed by atoms with Crippen LogP contribution >= 0.6 is 11.6 Å². The van der Waals surface area contributed by atoms with Crippen molar-refractivity contribution in [1.82, 2.24) is 9.97 Å². The predicted molar refractivity (Wildman–Crippen MR) is 46.1 cm³/mol. The van der Waals surface area contributed by atoms with Crippen LogP contribution in [0.4, 0.5) is 17.6 Å². The fourth-order valence-electron chi connectivity index (χ4n) is 1.16. The van der Waals surface area contributed by atoms with Crippen LogP contribution < -0.4 is 0 Å². The molecule has 2 aromatic rings. The molecule has 0 aliphatic carbocycles. The number of H-pyrrole nitrogens is 1. The van der Waals surface area contributed by atoms with Crippen LogP contribution in [0.25, 0.3) is 11.0 Å². The molecule has 1 aromatic heterocycles. The van der Waals surface area contributed by atoms with Gasteiger partial charge in [-0.15, -0.1) is 0 Å². The van der Waals surface area contributed by atoms with Crippen molar-refractivity contribution in [2.24, 2.45) is 0 Å². The molecule has 2 nitrogen and oxygen atoms in total. The Bertz CT molecular complexity index is 478. The van der Waals surface area contributed by atoms with Crippen LogP contribution in [0.1, 0.15) is 5.82 Å². The molecule has 0 aliphatic heterocycles. The van der Waals surface area contributed by atoms with Gasteiger partial charge in [-0.25, -0.2) is 9.37 Å². The van der Waals surface area contributed by atoms with Crippen LogP contribution in [0.5, 0.6) is 0 Å². The highest BCUT2D eigenvalue weighted by atomic mass is 35.5. The van der Waals surface area contributed by atoms with Gasteiger partial charge in [0.25, 0.3) is 0 Å². The Labute approximate surface area is 85.9 Å². The molecule has 0 radical (unpaired) electrons. The van der Waals surface area contributed by atoms with Crippen LogP contribution in [0, 0.1) is 5.82 Å².